The fourth-order valence-electron chi connectivity index (χ4n) is 9.96. The van der Waals surface area contributed by atoms with Crippen molar-refractivity contribution in [3.63, 3.8) is 0 Å². The molecule has 0 bridgehead atoms. The lowest BCUT2D eigenvalue weighted by Gasteiger charge is -2.14. The van der Waals surface area contributed by atoms with E-state index in [0.717, 1.165) is 55.5 Å². The average Bonchev–Trinajstić information content (AvgIpc) is 3.65. The summed E-state index contributed by atoms with van der Waals surface area (Å²) in [6.45, 7) is 6.88. The Morgan fingerprint density at radius 3 is 1.09 bits per heavy atom. The van der Waals surface area contributed by atoms with E-state index >= 15 is 0 Å². The SMILES string of the molecule is CCCCCCCCCCCCCCCCCC=CCCc1ccccc1C1=CC(CCCCC)=C(c2ccccc2CCC=CCCCCCCCCCCCCCCCCC)[N+]1=[N-]. The van der Waals surface area contributed by atoms with Crippen molar-refractivity contribution in [3.8, 4) is 0 Å². The molecule has 1 aliphatic heterocycles. The van der Waals surface area contributed by atoms with Crippen LogP contribution in [-0.4, -0.2) is 4.70 Å². The molecule has 2 aromatic rings. The van der Waals surface area contributed by atoms with Crippen molar-refractivity contribution in [2.24, 2.45) is 0 Å². The smallest absolute Gasteiger partial charge is 0.211 e. The van der Waals surface area contributed by atoms with Crippen LogP contribution in [0.15, 0.2) is 84.5 Å². The number of nitrogens with zero attached hydrogens (tertiary/aromatic N) is 2. The molecule has 2 nitrogen and oxygen atoms in total. The first-order valence-corrected chi connectivity index (χ1v) is 28.6. The van der Waals surface area contributed by atoms with Crippen molar-refractivity contribution in [3.05, 3.63) is 112 Å². The molecule has 0 atom stereocenters. The molecule has 0 spiro atoms. The normalized spacial score (nSPS) is 13.1. The fourth-order valence-corrected chi connectivity index (χ4v) is 9.96. The molecule has 0 saturated carbocycles. The lowest BCUT2D eigenvalue weighted by molar-refractivity contribution is -0.344. The van der Waals surface area contributed by atoms with Gasteiger partial charge in [-0.3, -0.25) is 0 Å². The Hall–Kier alpha value is -3.00. The molecule has 0 fully saturated rings. The molecular formula is C63H102N2. The summed E-state index contributed by atoms with van der Waals surface area (Å²) in [6, 6.07) is 17.6. The topological polar surface area (TPSA) is 25.3 Å². The molecule has 0 aliphatic carbocycles. The molecule has 0 unspecified atom stereocenters. The molecule has 0 N–H and O–H groups in total. The minimum Gasteiger partial charge on any atom is -0.493 e. The maximum atomic E-state index is 12.1. The predicted molar refractivity (Wildman–Crippen MR) is 290 cm³/mol. The van der Waals surface area contributed by atoms with Gasteiger partial charge in [0.1, 0.15) is 0 Å². The van der Waals surface area contributed by atoms with Crippen LogP contribution >= 0.6 is 0 Å². The molecule has 1 aliphatic rings. The van der Waals surface area contributed by atoms with Crippen LogP contribution in [0.2, 0.25) is 0 Å². The van der Waals surface area contributed by atoms with Gasteiger partial charge in [-0.15, -0.1) is 0 Å². The van der Waals surface area contributed by atoms with E-state index in [1.54, 1.807) is 0 Å². The summed E-state index contributed by atoms with van der Waals surface area (Å²) >= 11 is 0. The van der Waals surface area contributed by atoms with E-state index in [-0.39, 0.29) is 0 Å². The second-order valence-corrected chi connectivity index (χ2v) is 20.0. The predicted octanol–water partition coefficient (Wildman–Crippen LogP) is 21.6. The first-order valence-electron chi connectivity index (χ1n) is 28.6. The van der Waals surface area contributed by atoms with Crippen LogP contribution < -0.4 is 0 Å². The molecular weight excluding hydrogens is 785 g/mol. The van der Waals surface area contributed by atoms with Crippen molar-refractivity contribution in [1.29, 1.82) is 0 Å². The maximum Gasteiger partial charge on any atom is 0.211 e. The molecule has 2 aromatic carbocycles. The highest BCUT2D eigenvalue weighted by atomic mass is 15.2. The van der Waals surface area contributed by atoms with Gasteiger partial charge in [0.2, 0.25) is 11.4 Å². The van der Waals surface area contributed by atoms with E-state index in [2.05, 4.69) is 99.7 Å². The summed E-state index contributed by atoms with van der Waals surface area (Å²) < 4.78 is 1.54. The largest absolute Gasteiger partial charge is 0.493 e. The number of rotatable bonds is 44. The van der Waals surface area contributed by atoms with Crippen molar-refractivity contribution in [1.82, 2.24) is 0 Å². The highest BCUT2D eigenvalue weighted by Gasteiger charge is 2.31. The minimum atomic E-state index is 0.932. The van der Waals surface area contributed by atoms with E-state index in [1.165, 1.54) is 245 Å². The van der Waals surface area contributed by atoms with Gasteiger partial charge in [-0.05, 0) is 87.5 Å². The van der Waals surface area contributed by atoms with E-state index in [9.17, 15) is 5.53 Å². The molecule has 1 heterocycles. The fraction of sp³-hybridized carbons (Fsp3) is 0.683. The molecule has 3 rings (SSSR count). The van der Waals surface area contributed by atoms with Crippen molar-refractivity contribution >= 4 is 11.4 Å². The number of hydrogen-bond acceptors (Lipinski definition) is 0. The zero-order valence-electron chi connectivity index (χ0n) is 43.2. The Bertz CT molecular complexity index is 1590. The van der Waals surface area contributed by atoms with Crippen LogP contribution in [0.25, 0.3) is 16.9 Å². The summed E-state index contributed by atoms with van der Waals surface area (Å²) in [5.41, 5.74) is 20.3. The van der Waals surface area contributed by atoms with E-state index in [4.69, 9.17) is 0 Å². The van der Waals surface area contributed by atoms with Crippen LogP contribution in [0.1, 0.15) is 287 Å². The summed E-state index contributed by atoms with van der Waals surface area (Å²) in [4.78, 5) is 0. The van der Waals surface area contributed by atoms with E-state index in [1.807, 2.05) is 0 Å². The Balaban J connectivity index is 1.37. The summed E-state index contributed by atoms with van der Waals surface area (Å²) in [5, 5.41) is 0. The number of allylic oxidation sites excluding steroid dienone is 6. The summed E-state index contributed by atoms with van der Waals surface area (Å²) in [5.74, 6) is 0. The van der Waals surface area contributed by atoms with Gasteiger partial charge in [0.25, 0.3) is 0 Å². The number of hydrogen-bond donors (Lipinski definition) is 0. The molecule has 65 heavy (non-hydrogen) atoms. The van der Waals surface area contributed by atoms with Crippen LogP contribution in [0.4, 0.5) is 0 Å². The van der Waals surface area contributed by atoms with Gasteiger partial charge in [0.15, 0.2) is 0 Å². The third-order valence-electron chi connectivity index (χ3n) is 14.1. The highest BCUT2D eigenvalue weighted by Crippen LogP contribution is 2.40. The lowest BCUT2D eigenvalue weighted by Crippen LogP contribution is -2.06. The third kappa shape index (κ3) is 26.2. The van der Waals surface area contributed by atoms with Crippen LogP contribution in [-0.2, 0) is 12.8 Å². The third-order valence-corrected chi connectivity index (χ3v) is 14.1. The van der Waals surface area contributed by atoms with Gasteiger partial charge in [-0.1, -0.05) is 274 Å². The van der Waals surface area contributed by atoms with Gasteiger partial charge in [0.05, 0.1) is 0 Å². The summed E-state index contributed by atoms with van der Waals surface area (Å²) in [7, 11) is 0. The highest BCUT2D eigenvalue weighted by molar-refractivity contribution is 5.80. The second-order valence-electron chi connectivity index (χ2n) is 20.0. The first-order chi connectivity index (χ1) is 32.2. The van der Waals surface area contributed by atoms with Crippen LogP contribution in [0.3, 0.4) is 0 Å². The zero-order chi connectivity index (χ0) is 46.1. The van der Waals surface area contributed by atoms with Gasteiger partial charge in [0, 0.05) is 22.8 Å². The Labute approximate surface area is 404 Å². The molecule has 0 radical (unpaired) electrons. The lowest BCUT2D eigenvalue weighted by atomic mass is 9.96. The number of unbranched alkanes of at least 4 members (excludes halogenated alkanes) is 32. The molecule has 0 saturated heterocycles. The molecule has 2 heteroatoms. The quantitative estimate of drug-likeness (QED) is 0.0360. The zero-order valence-corrected chi connectivity index (χ0v) is 43.2. The average molecular weight is 888 g/mol. The van der Waals surface area contributed by atoms with Crippen LogP contribution in [0.5, 0.6) is 0 Å². The van der Waals surface area contributed by atoms with E-state index in [0.29, 0.717) is 0 Å². The molecule has 364 valence electrons. The monoisotopic (exact) mass is 887 g/mol. The standard InChI is InChI=1S/C63H102N2/c1-4-7-10-12-14-16-18-20-22-24-26-28-30-32-34-36-38-40-43-49-57-51-45-47-54-60(57)62-56-59(53-42-9-6-3)63(65(62)64)61-55-48-46-52-58(61)50-44-41-39-37-35-33-31-29-27-25-23-21-19-17-15-13-11-8-5-2/h38-41,45-48,51-52,54-56H,4-37,42-44,49-50,53H2,1-3H3. The van der Waals surface area contributed by atoms with Crippen LogP contribution in [0, 0.1) is 0 Å². The summed E-state index contributed by atoms with van der Waals surface area (Å²) in [6.07, 6.45) is 65.4. The second kappa shape index (κ2) is 40.1. The Morgan fingerprint density at radius 1 is 0.354 bits per heavy atom. The van der Waals surface area contributed by atoms with Gasteiger partial charge >= 0.3 is 0 Å². The first kappa shape index (κ1) is 56.3. The minimum absolute atomic E-state index is 0.932. The van der Waals surface area contributed by atoms with Crippen molar-refractivity contribution < 1.29 is 4.70 Å². The Morgan fingerprint density at radius 2 is 0.677 bits per heavy atom. The van der Waals surface area contributed by atoms with Gasteiger partial charge in [-0.25, -0.2) is 4.70 Å². The van der Waals surface area contributed by atoms with Gasteiger partial charge < -0.3 is 5.53 Å². The molecule has 0 aromatic heterocycles. The van der Waals surface area contributed by atoms with E-state index < -0.39 is 0 Å². The molecule has 0 amide bonds. The van der Waals surface area contributed by atoms with Gasteiger partial charge in [-0.2, -0.15) is 0 Å². The number of aryl methyl sites for hydroxylation is 2. The maximum absolute atomic E-state index is 12.1. The van der Waals surface area contributed by atoms with Crippen molar-refractivity contribution in [2.75, 3.05) is 0 Å². The number of benzene rings is 2. The Kier molecular flexibility index (Phi) is 34.7. The van der Waals surface area contributed by atoms with Crippen molar-refractivity contribution in [2.45, 2.75) is 278 Å².